The van der Waals surface area contributed by atoms with Crippen LogP contribution in [0.5, 0.6) is 0 Å². The van der Waals surface area contributed by atoms with E-state index in [1.54, 1.807) is 0 Å². The number of nitrogens with one attached hydrogen (secondary N) is 1. The molecule has 1 atom stereocenters. The van der Waals surface area contributed by atoms with Crippen LogP contribution in [-0.2, 0) is 17.8 Å². The molecule has 2 aliphatic rings. The minimum atomic E-state index is 0.238. The van der Waals surface area contributed by atoms with Gasteiger partial charge in [-0.05, 0) is 63.8 Å². The highest BCUT2D eigenvalue weighted by Gasteiger charge is 2.41. The lowest BCUT2D eigenvalue weighted by Gasteiger charge is -2.48. The van der Waals surface area contributed by atoms with Gasteiger partial charge in [-0.2, -0.15) is 5.10 Å². The van der Waals surface area contributed by atoms with Crippen LogP contribution in [0.25, 0.3) is 0 Å². The van der Waals surface area contributed by atoms with Crippen molar-refractivity contribution in [2.75, 3.05) is 26.2 Å². The Balaban J connectivity index is 1.40. The lowest BCUT2D eigenvalue weighted by atomic mass is 9.73. The summed E-state index contributed by atoms with van der Waals surface area (Å²) in [6.45, 7) is 9.00. The first-order chi connectivity index (χ1) is 13.5. The maximum atomic E-state index is 12.5. The van der Waals surface area contributed by atoms with Crippen molar-refractivity contribution in [1.82, 2.24) is 25.0 Å². The van der Waals surface area contributed by atoms with Crippen LogP contribution in [0.2, 0.25) is 0 Å². The van der Waals surface area contributed by atoms with E-state index in [1.807, 2.05) is 29.3 Å². The SMILES string of the molecule is Cc1n[nH]c(C)c1CCN1CCC[C@@]2(CCC(=O)N(Cc3ccccn3)C2)C1. The summed E-state index contributed by atoms with van der Waals surface area (Å²) in [5, 5.41) is 7.42. The smallest absolute Gasteiger partial charge is 0.222 e. The lowest BCUT2D eigenvalue weighted by Crippen LogP contribution is -2.54. The first-order valence-electron chi connectivity index (χ1n) is 10.5. The summed E-state index contributed by atoms with van der Waals surface area (Å²) in [5.41, 5.74) is 4.88. The number of piperidine rings is 2. The van der Waals surface area contributed by atoms with Crippen LogP contribution in [0.4, 0.5) is 0 Å². The van der Waals surface area contributed by atoms with Gasteiger partial charge in [-0.25, -0.2) is 0 Å². The standard InChI is InChI=1S/C22H31N5O/c1-17-20(18(2)25-24-17)8-13-26-12-5-9-22(15-26)10-7-21(28)27(16-22)14-19-6-3-4-11-23-19/h3-4,6,11H,5,7-10,12-16H2,1-2H3,(H,24,25)/t22-/m1/s1. The van der Waals surface area contributed by atoms with E-state index in [0.717, 1.165) is 50.4 Å². The Bertz CT molecular complexity index is 798. The Hall–Kier alpha value is -2.21. The molecule has 2 fully saturated rings. The molecule has 0 unspecified atom stereocenters. The quantitative estimate of drug-likeness (QED) is 0.865. The zero-order chi connectivity index (χ0) is 19.6. The topological polar surface area (TPSA) is 65.1 Å². The number of hydrogen-bond acceptors (Lipinski definition) is 4. The van der Waals surface area contributed by atoms with Crippen LogP contribution >= 0.6 is 0 Å². The minimum Gasteiger partial charge on any atom is -0.336 e. The van der Waals surface area contributed by atoms with Crippen molar-refractivity contribution < 1.29 is 4.79 Å². The predicted octanol–water partition coefficient (Wildman–Crippen LogP) is 2.87. The van der Waals surface area contributed by atoms with E-state index in [-0.39, 0.29) is 11.3 Å². The zero-order valence-electron chi connectivity index (χ0n) is 17.1. The second-order valence-electron chi connectivity index (χ2n) is 8.61. The van der Waals surface area contributed by atoms with Gasteiger partial charge in [-0.1, -0.05) is 6.07 Å². The largest absolute Gasteiger partial charge is 0.336 e. The molecule has 0 aromatic carbocycles. The van der Waals surface area contributed by atoms with E-state index >= 15 is 0 Å². The Labute approximate surface area is 167 Å². The molecule has 6 nitrogen and oxygen atoms in total. The third kappa shape index (κ3) is 4.12. The highest BCUT2D eigenvalue weighted by molar-refractivity contribution is 5.77. The molecule has 150 valence electrons. The van der Waals surface area contributed by atoms with Gasteiger partial charge in [0.1, 0.15) is 0 Å². The molecule has 0 aliphatic carbocycles. The molecule has 4 rings (SSSR count). The van der Waals surface area contributed by atoms with Crippen molar-refractivity contribution in [2.45, 2.75) is 52.5 Å². The summed E-state index contributed by atoms with van der Waals surface area (Å²) < 4.78 is 0. The number of rotatable bonds is 5. The van der Waals surface area contributed by atoms with Gasteiger partial charge in [-0.3, -0.25) is 14.9 Å². The van der Waals surface area contributed by atoms with E-state index in [0.29, 0.717) is 13.0 Å². The van der Waals surface area contributed by atoms with Gasteiger partial charge in [0.25, 0.3) is 0 Å². The predicted molar refractivity (Wildman–Crippen MR) is 109 cm³/mol. The number of carbonyl (C=O) groups excluding carboxylic acids is 1. The average Bonchev–Trinajstić information content (AvgIpc) is 3.02. The molecule has 0 saturated carbocycles. The fraction of sp³-hybridized carbons (Fsp3) is 0.591. The number of likely N-dealkylation sites (tertiary alicyclic amines) is 2. The Kier molecular flexibility index (Phi) is 5.49. The van der Waals surface area contributed by atoms with Crippen molar-refractivity contribution in [3.8, 4) is 0 Å². The number of amides is 1. The van der Waals surface area contributed by atoms with Crippen molar-refractivity contribution in [1.29, 1.82) is 0 Å². The van der Waals surface area contributed by atoms with Gasteiger partial charge in [0, 0.05) is 43.4 Å². The molecule has 2 aromatic heterocycles. The zero-order valence-corrected chi connectivity index (χ0v) is 17.1. The molecular formula is C22H31N5O. The second-order valence-corrected chi connectivity index (χ2v) is 8.61. The number of aromatic nitrogens is 3. The number of aryl methyl sites for hydroxylation is 2. The fourth-order valence-electron chi connectivity index (χ4n) is 4.98. The molecule has 1 spiro atoms. The Morgan fingerprint density at radius 3 is 2.86 bits per heavy atom. The highest BCUT2D eigenvalue weighted by atomic mass is 16.2. The summed E-state index contributed by atoms with van der Waals surface area (Å²) >= 11 is 0. The van der Waals surface area contributed by atoms with Crippen LogP contribution in [0.15, 0.2) is 24.4 Å². The lowest BCUT2D eigenvalue weighted by molar-refractivity contribution is -0.140. The van der Waals surface area contributed by atoms with Crippen molar-refractivity contribution in [3.63, 3.8) is 0 Å². The van der Waals surface area contributed by atoms with E-state index in [1.165, 1.54) is 24.1 Å². The van der Waals surface area contributed by atoms with Crippen molar-refractivity contribution in [3.05, 3.63) is 47.0 Å². The van der Waals surface area contributed by atoms with Crippen LogP contribution in [-0.4, -0.2) is 57.1 Å². The summed E-state index contributed by atoms with van der Waals surface area (Å²) in [6, 6.07) is 5.93. The number of nitrogens with zero attached hydrogens (tertiary/aromatic N) is 4. The van der Waals surface area contributed by atoms with Crippen molar-refractivity contribution >= 4 is 5.91 Å². The molecule has 1 N–H and O–H groups in total. The van der Waals surface area contributed by atoms with Crippen LogP contribution in [0.1, 0.15) is 48.3 Å². The number of aromatic amines is 1. The molecule has 0 bridgehead atoms. The van der Waals surface area contributed by atoms with Gasteiger partial charge < -0.3 is 9.80 Å². The van der Waals surface area contributed by atoms with Gasteiger partial charge >= 0.3 is 0 Å². The molecule has 2 aliphatic heterocycles. The number of pyridine rings is 1. The molecule has 4 heterocycles. The van der Waals surface area contributed by atoms with Gasteiger partial charge in [-0.15, -0.1) is 0 Å². The number of hydrogen-bond donors (Lipinski definition) is 1. The third-order valence-electron chi connectivity index (χ3n) is 6.53. The third-order valence-corrected chi connectivity index (χ3v) is 6.53. The van der Waals surface area contributed by atoms with Gasteiger partial charge in [0.15, 0.2) is 0 Å². The molecular weight excluding hydrogens is 350 g/mol. The normalized spacial score (nSPS) is 23.5. The van der Waals surface area contributed by atoms with Crippen LogP contribution < -0.4 is 0 Å². The maximum Gasteiger partial charge on any atom is 0.222 e. The van der Waals surface area contributed by atoms with Crippen LogP contribution in [0, 0.1) is 19.3 Å². The molecule has 2 aromatic rings. The van der Waals surface area contributed by atoms with Crippen LogP contribution in [0.3, 0.4) is 0 Å². The number of carbonyl (C=O) groups is 1. The molecule has 0 radical (unpaired) electrons. The van der Waals surface area contributed by atoms with E-state index in [4.69, 9.17) is 0 Å². The fourth-order valence-corrected chi connectivity index (χ4v) is 4.98. The number of H-pyrrole nitrogens is 1. The van der Waals surface area contributed by atoms with E-state index < -0.39 is 0 Å². The molecule has 2 saturated heterocycles. The first-order valence-corrected chi connectivity index (χ1v) is 10.5. The second kappa shape index (κ2) is 8.03. The maximum absolute atomic E-state index is 12.5. The first kappa shape index (κ1) is 19.1. The minimum absolute atomic E-state index is 0.238. The van der Waals surface area contributed by atoms with Gasteiger partial charge in [0.05, 0.1) is 17.9 Å². The summed E-state index contributed by atoms with van der Waals surface area (Å²) in [7, 11) is 0. The summed E-state index contributed by atoms with van der Waals surface area (Å²) in [4.78, 5) is 21.6. The molecule has 6 heteroatoms. The highest BCUT2D eigenvalue weighted by Crippen LogP contribution is 2.39. The molecule has 28 heavy (non-hydrogen) atoms. The van der Waals surface area contributed by atoms with Gasteiger partial charge in [0.2, 0.25) is 5.91 Å². The Morgan fingerprint density at radius 1 is 1.21 bits per heavy atom. The average molecular weight is 382 g/mol. The Morgan fingerprint density at radius 2 is 2.11 bits per heavy atom. The summed E-state index contributed by atoms with van der Waals surface area (Å²) in [5.74, 6) is 0.276. The van der Waals surface area contributed by atoms with Crippen molar-refractivity contribution in [2.24, 2.45) is 5.41 Å². The van der Waals surface area contributed by atoms with E-state index in [2.05, 4.69) is 33.9 Å². The monoisotopic (exact) mass is 381 g/mol. The summed E-state index contributed by atoms with van der Waals surface area (Å²) in [6.07, 6.45) is 6.97. The van der Waals surface area contributed by atoms with E-state index in [9.17, 15) is 4.79 Å². The molecule has 1 amide bonds.